The van der Waals surface area contributed by atoms with Gasteiger partial charge in [0.1, 0.15) is 58.4 Å². The van der Waals surface area contributed by atoms with Crippen molar-refractivity contribution in [1.29, 1.82) is 0 Å². The summed E-state index contributed by atoms with van der Waals surface area (Å²) in [4.78, 5) is 109. The number of carbonyl (C=O) groups excluding carboxylic acids is 7. The quantitative estimate of drug-likeness (QED) is 0.108. The maximum Gasteiger partial charge on any atom is 0.326 e. The van der Waals surface area contributed by atoms with Gasteiger partial charge in [0.15, 0.2) is 0 Å². The topological polar surface area (TPSA) is 296 Å². The number of rotatable bonds is 16. The standard InChI is InChI=1S/C44H63N7O13S/c1-6-27(2)37(43(59)60)50-44(61)49-32-14-10-11-24-45-38(54)35(26-64-28(3)52)48-41(57)36(22-18-30-15-19-31(53)20-16-30)51(4)42(58)34(21-17-29-12-8-7-9-13-29)47-40(56)33(46-39(32)55)23-25-65(5,62)63/h7-9,12-13,15-16,19-20,27,32-37,53H,6,10-11,14,17-18,21-26H2,1-5H3,(H,45,54)(H,46,55)(H,47,56)(H,48,57)(H,59,60)(H2,49,50,61)/t27-,32?,33?,34-,35?,36-,37-/m0/s1. The molecule has 3 unspecified atom stereocenters. The highest BCUT2D eigenvalue weighted by Gasteiger charge is 2.36. The van der Waals surface area contributed by atoms with Crippen LogP contribution >= 0.6 is 0 Å². The Labute approximate surface area is 379 Å². The molecule has 0 aliphatic carbocycles. The van der Waals surface area contributed by atoms with Gasteiger partial charge < -0.3 is 51.8 Å². The number of carbonyl (C=O) groups is 8. The van der Waals surface area contributed by atoms with Crippen LogP contribution < -0.4 is 31.9 Å². The van der Waals surface area contributed by atoms with Gasteiger partial charge in [-0.2, -0.15) is 0 Å². The minimum absolute atomic E-state index is 0.0105. The van der Waals surface area contributed by atoms with Gasteiger partial charge in [-0.1, -0.05) is 62.7 Å². The summed E-state index contributed by atoms with van der Waals surface area (Å²) < 4.78 is 29.9. The van der Waals surface area contributed by atoms with E-state index >= 15 is 0 Å². The van der Waals surface area contributed by atoms with Crippen LogP contribution in [-0.4, -0.2) is 139 Å². The number of carboxylic acid groups (broad SMARTS) is 1. The van der Waals surface area contributed by atoms with E-state index in [1.807, 2.05) is 12.1 Å². The minimum Gasteiger partial charge on any atom is -0.508 e. The predicted octanol–water partition coefficient (Wildman–Crippen LogP) is 0.704. The minimum atomic E-state index is -3.71. The molecule has 21 heteroatoms. The lowest BCUT2D eigenvalue weighted by Gasteiger charge is -2.32. The van der Waals surface area contributed by atoms with Crippen molar-refractivity contribution in [3.05, 3.63) is 65.7 Å². The summed E-state index contributed by atoms with van der Waals surface area (Å²) in [6.07, 6.45) is 1.58. The zero-order valence-electron chi connectivity index (χ0n) is 37.5. The average Bonchev–Trinajstić information content (AvgIpc) is 3.25. The summed E-state index contributed by atoms with van der Waals surface area (Å²) in [5, 5.41) is 35.0. The lowest BCUT2D eigenvalue weighted by Crippen LogP contribution is -2.60. The molecule has 0 radical (unpaired) electrons. The monoisotopic (exact) mass is 929 g/mol. The molecule has 1 fully saturated rings. The predicted molar refractivity (Wildman–Crippen MR) is 238 cm³/mol. The van der Waals surface area contributed by atoms with Crippen LogP contribution in [0.3, 0.4) is 0 Å². The summed E-state index contributed by atoms with van der Waals surface area (Å²) in [6.45, 7) is 3.91. The van der Waals surface area contributed by atoms with Crippen LogP contribution in [0.2, 0.25) is 0 Å². The summed E-state index contributed by atoms with van der Waals surface area (Å²) in [5.41, 5.74) is 1.49. The fourth-order valence-electron chi connectivity index (χ4n) is 6.98. The van der Waals surface area contributed by atoms with E-state index in [1.54, 1.807) is 44.2 Å². The number of aromatic hydroxyl groups is 1. The van der Waals surface area contributed by atoms with E-state index in [0.717, 1.165) is 23.6 Å². The highest BCUT2D eigenvalue weighted by Crippen LogP contribution is 2.17. The van der Waals surface area contributed by atoms with Crippen molar-refractivity contribution in [2.24, 2.45) is 5.92 Å². The lowest BCUT2D eigenvalue weighted by atomic mass is 9.99. The first-order valence-corrected chi connectivity index (χ1v) is 23.6. The van der Waals surface area contributed by atoms with Gasteiger partial charge in [0, 0.05) is 26.8 Å². The number of urea groups is 1. The van der Waals surface area contributed by atoms with Crippen molar-refractivity contribution < 1.29 is 61.7 Å². The third kappa shape index (κ3) is 18.4. The van der Waals surface area contributed by atoms with E-state index < -0.39 is 118 Å². The van der Waals surface area contributed by atoms with E-state index in [-0.39, 0.29) is 57.2 Å². The number of hydrogen-bond donors (Lipinski definition) is 8. The molecule has 1 aliphatic heterocycles. The van der Waals surface area contributed by atoms with Crippen LogP contribution in [0.15, 0.2) is 54.6 Å². The molecular formula is C44H63N7O13S. The van der Waals surface area contributed by atoms with E-state index in [4.69, 9.17) is 4.74 Å². The molecule has 2 aromatic carbocycles. The van der Waals surface area contributed by atoms with Crippen molar-refractivity contribution in [2.75, 3.05) is 32.2 Å². The highest BCUT2D eigenvalue weighted by molar-refractivity contribution is 7.90. The van der Waals surface area contributed by atoms with Crippen molar-refractivity contribution in [3.63, 3.8) is 0 Å². The zero-order chi connectivity index (χ0) is 48.3. The number of phenols is 1. The lowest BCUT2D eigenvalue weighted by molar-refractivity contribution is -0.146. The maximum absolute atomic E-state index is 14.7. The number of likely N-dealkylation sites (N-methyl/N-ethyl adjacent to an activating group) is 1. The molecule has 1 aliphatic rings. The normalized spacial score (nSPS) is 21.7. The SMILES string of the molecule is CC[C@H](C)[C@H](NC(=O)NC1CCCCNC(=O)C(COC(C)=O)NC(=O)[C@H](CCc2ccc(O)cc2)N(C)C(=O)[C@H](CCc2ccccc2)NC(=O)C(CCS(C)(=O)=O)NC1=O)C(=O)O. The number of nitrogens with zero attached hydrogens (tertiary/aromatic N) is 1. The molecule has 2 aromatic rings. The van der Waals surface area contributed by atoms with Gasteiger partial charge in [-0.25, -0.2) is 18.0 Å². The number of amides is 7. The number of phenolic OH excluding ortho intramolecular Hbond substituents is 1. The van der Waals surface area contributed by atoms with Gasteiger partial charge in [-0.15, -0.1) is 0 Å². The largest absolute Gasteiger partial charge is 0.508 e. The van der Waals surface area contributed by atoms with Gasteiger partial charge in [-0.05, 0) is 80.5 Å². The second-order valence-electron chi connectivity index (χ2n) is 16.3. The Bertz CT molecular complexity index is 2070. The molecule has 8 N–H and O–H groups in total. The van der Waals surface area contributed by atoms with Crippen molar-refractivity contribution in [3.8, 4) is 5.75 Å². The molecule has 0 saturated carbocycles. The summed E-state index contributed by atoms with van der Waals surface area (Å²) in [6, 6.07) is 5.81. The molecule has 0 bridgehead atoms. The van der Waals surface area contributed by atoms with Gasteiger partial charge in [0.25, 0.3) is 0 Å². The van der Waals surface area contributed by atoms with Gasteiger partial charge in [0.05, 0.1) is 5.75 Å². The van der Waals surface area contributed by atoms with Crippen LogP contribution in [-0.2, 0) is 61.0 Å². The molecule has 358 valence electrons. The molecule has 65 heavy (non-hydrogen) atoms. The Balaban J connectivity index is 2.11. The number of benzene rings is 2. The van der Waals surface area contributed by atoms with Gasteiger partial charge >= 0.3 is 18.0 Å². The summed E-state index contributed by atoms with van der Waals surface area (Å²) in [7, 11) is -2.37. The first-order chi connectivity index (χ1) is 30.7. The van der Waals surface area contributed by atoms with Gasteiger partial charge in [-0.3, -0.25) is 28.8 Å². The van der Waals surface area contributed by atoms with Crippen molar-refractivity contribution >= 4 is 57.3 Å². The number of esters is 1. The Morgan fingerprint density at radius 1 is 0.831 bits per heavy atom. The van der Waals surface area contributed by atoms with Gasteiger partial charge in [0.2, 0.25) is 29.5 Å². The first kappa shape index (κ1) is 53.1. The second kappa shape index (κ2) is 25.9. The fraction of sp³-hybridized carbons (Fsp3) is 0.545. The second-order valence-corrected chi connectivity index (χ2v) is 18.5. The Morgan fingerprint density at radius 2 is 1.45 bits per heavy atom. The number of aryl methyl sites for hydroxylation is 2. The molecule has 0 spiro atoms. The number of hydrogen-bond acceptors (Lipinski definition) is 12. The highest BCUT2D eigenvalue weighted by atomic mass is 32.2. The van der Waals surface area contributed by atoms with Crippen molar-refractivity contribution in [1.82, 2.24) is 36.8 Å². The number of nitrogens with one attached hydrogen (secondary N) is 6. The molecular weight excluding hydrogens is 867 g/mol. The van der Waals surface area contributed by atoms with Crippen molar-refractivity contribution in [2.45, 2.75) is 115 Å². The fourth-order valence-corrected chi connectivity index (χ4v) is 7.64. The smallest absolute Gasteiger partial charge is 0.326 e. The summed E-state index contributed by atoms with van der Waals surface area (Å²) >= 11 is 0. The number of carboxylic acids is 1. The van der Waals surface area contributed by atoms with Crippen LogP contribution in [0.4, 0.5) is 4.79 Å². The number of sulfone groups is 1. The van der Waals surface area contributed by atoms with Crippen LogP contribution in [0, 0.1) is 5.92 Å². The number of aliphatic carboxylic acids is 1. The van der Waals surface area contributed by atoms with Crippen LogP contribution in [0.5, 0.6) is 5.75 Å². The first-order valence-electron chi connectivity index (χ1n) is 21.6. The molecule has 1 saturated heterocycles. The summed E-state index contributed by atoms with van der Waals surface area (Å²) in [5.74, 6) is -7.21. The van der Waals surface area contributed by atoms with E-state index in [1.165, 1.54) is 19.2 Å². The zero-order valence-corrected chi connectivity index (χ0v) is 38.3. The maximum atomic E-state index is 14.7. The molecule has 7 amide bonds. The van der Waals surface area contributed by atoms with Crippen LogP contribution in [0.25, 0.3) is 0 Å². The molecule has 7 atom stereocenters. The molecule has 3 rings (SSSR count). The van der Waals surface area contributed by atoms with Crippen LogP contribution in [0.1, 0.15) is 76.8 Å². The third-order valence-electron chi connectivity index (χ3n) is 11.0. The van der Waals surface area contributed by atoms with E-state index in [0.29, 0.717) is 12.0 Å². The van der Waals surface area contributed by atoms with E-state index in [9.17, 15) is 57.0 Å². The Kier molecular flexibility index (Phi) is 21.1. The molecule has 0 aromatic heterocycles. The Morgan fingerprint density at radius 3 is 2.06 bits per heavy atom. The molecule has 1 heterocycles. The third-order valence-corrected chi connectivity index (χ3v) is 12.0. The number of ether oxygens (including phenoxy) is 1. The average molecular weight is 930 g/mol. The molecule has 20 nitrogen and oxygen atoms in total. The Hall–Kier alpha value is -6.25. The van der Waals surface area contributed by atoms with E-state index in [2.05, 4.69) is 31.9 Å².